The number of rotatable bonds is 0. The van der Waals surface area contributed by atoms with E-state index in [0.717, 1.165) is 0 Å². The zero-order chi connectivity index (χ0) is 7.56. The van der Waals surface area contributed by atoms with Gasteiger partial charge >= 0.3 is 0 Å². The van der Waals surface area contributed by atoms with Gasteiger partial charge in [0.2, 0.25) is 0 Å². The number of nitrogens with zero attached hydrogens (tertiary/aromatic N) is 1. The summed E-state index contributed by atoms with van der Waals surface area (Å²) < 4.78 is 0. The van der Waals surface area contributed by atoms with Gasteiger partial charge in [0.15, 0.2) is 0 Å². The number of aromatic hydroxyl groups is 1. The van der Waals surface area contributed by atoms with Crippen molar-refractivity contribution in [1.29, 1.82) is 5.26 Å². The second kappa shape index (κ2) is 2.59. The van der Waals surface area contributed by atoms with Crippen molar-refractivity contribution in [2.45, 2.75) is 0 Å². The molecule has 0 aliphatic carbocycles. The van der Waals surface area contributed by atoms with Crippen LogP contribution < -0.4 is 0 Å². The lowest BCUT2D eigenvalue weighted by Gasteiger charge is -1.94. The monoisotopic (exact) mass is 153 g/mol. The van der Waals surface area contributed by atoms with Crippen molar-refractivity contribution in [3.8, 4) is 11.8 Å². The van der Waals surface area contributed by atoms with Crippen LogP contribution in [-0.2, 0) is 0 Å². The number of phenols is 1. The number of nitriles is 1. The van der Waals surface area contributed by atoms with E-state index in [1.54, 1.807) is 18.2 Å². The van der Waals surface area contributed by atoms with Crippen LogP contribution in [0.2, 0.25) is 5.02 Å². The summed E-state index contributed by atoms with van der Waals surface area (Å²) >= 11 is 5.55. The van der Waals surface area contributed by atoms with Crippen molar-refractivity contribution in [1.82, 2.24) is 0 Å². The van der Waals surface area contributed by atoms with Gasteiger partial charge in [0, 0.05) is 0 Å². The summed E-state index contributed by atoms with van der Waals surface area (Å²) in [5, 5.41) is 17.7. The van der Waals surface area contributed by atoms with E-state index in [9.17, 15) is 0 Å². The lowest BCUT2D eigenvalue weighted by molar-refractivity contribution is 0.473. The fourth-order valence-corrected chi connectivity index (χ4v) is 0.835. The largest absolute Gasteiger partial charge is 0.507 e. The van der Waals surface area contributed by atoms with E-state index < -0.39 is 0 Å². The maximum Gasteiger partial charge on any atom is 0.134 e. The standard InChI is InChI=1S/C7H4ClNO/c8-6-2-1-3-7(10)5(6)4-9/h1-3,10H. The molecule has 3 heteroatoms. The van der Waals surface area contributed by atoms with Gasteiger partial charge in [-0.25, -0.2) is 0 Å². The van der Waals surface area contributed by atoms with Crippen molar-refractivity contribution >= 4 is 11.6 Å². The van der Waals surface area contributed by atoms with Crippen LogP contribution in [0.4, 0.5) is 0 Å². The van der Waals surface area contributed by atoms with E-state index in [4.69, 9.17) is 22.0 Å². The van der Waals surface area contributed by atoms with Crippen molar-refractivity contribution in [3.63, 3.8) is 0 Å². The third-order valence-electron chi connectivity index (χ3n) is 1.10. The first-order valence-corrected chi connectivity index (χ1v) is 3.01. The summed E-state index contributed by atoms with van der Waals surface area (Å²) in [7, 11) is 0. The summed E-state index contributed by atoms with van der Waals surface area (Å²) in [5.74, 6) is -0.0741. The molecule has 2 nitrogen and oxygen atoms in total. The molecule has 0 amide bonds. The molecule has 1 N–H and O–H groups in total. The van der Waals surface area contributed by atoms with Crippen LogP contribution in [0.5, 0.6) is 5.75 Å². The van der Waals surface area contributed by atoms with Gasteiger partial charge in [-0.05, 0) is 12.1 Å². The molecule has 1 aromatic carbocycles. The van der Waals surface area contributed by atoms with Crippen LogP contribution in [-0.4, -0.2) is 5.11 Å². The summed E-state index contributed by atoms with van der Waals surface area (Å²) in [5.41, 5.74) is 0.129. The minimum Gasteiger partial charge on any atom is -0.507 e. The molecule has 0 aliphatic rings. The highest BCUT2D eigenvalue weighted by atomic mass is 35.5. The lowest BCUT2D eigenvalue weighted by Crippen LogP contribution is -1.76. The molecule has 0 spiro atoms. The lowest BCUT2D eigenvalue weighted by atomic mass is 10.2. The SMILES string of the molecule is N#Cc1c(O)cccc1Cl. The van der Waals surface area contributed by atoms with Gasteiger partial charge in [-0.3, -0.25) is 0 Å². The van der Waals surface area contributed by atoms with Gasteiger partial charge in [0.05, 0.1) is 5.02 Å². The third kappa shape index (κ3) is 1.04. The Bertz CT molecular complexity index is 270. The van der Waals surface area contributed by atoms with Gasteiger partial charge in [-0.15, -0.1) is 0 Å². The van der Waals surface area contributed by atoms with Crippen molar-refractivity contribution < 1.29 is 5.11 Å². The Morgan fingerprint density at radius 1 is 1.50 bits per heavy atom. The number of benzene rings is 1. The maximum atomic E-state index is 8.98. The first-order valence-electron chi connectivity index (χ1n) is 2.63. The highest BCUT2D eigenvalue weighted by Gasteiger charge is 2.02. The summed E-state index contributed by atoms with van der Waals surface area (Å²) in [6, 6.07) is 6.34. The fourth-order valence-electron chi connectivity index (χ4n) is 0.623. The first-order chi connectivity index (χ1) is 4.75. The molecule has 0 saturated heterocycles. The highest BCUT2D eigenvalue weighted by Crippen LogP contribution is 2.23. The van der Waals surface area contributed by atoms with Gasteiger partial charge in [-0.2, -0.15) is 5.26 Å². The second-order valence-electron chi connectivity index (χ2n) is 1.75. The molecule has 0 aromatic heterocycles. The molecule has 0 atom stereocenters. The topological polar surface area (TPSA) is 44.0 Å². The predicted molar refractivity (Wildman–Crippen MR) is 37.8 cm³/mol. The van der Waals surface area contributed by atoms with E-state index >= 15 is 0 Å². The zero-order valence-electron chi connectivity index (χ0n) is 5.00. The molecule has 0 radical (unpaired) electrons. The Balaban J connectivity index is 3.34. The predicted octanol–water partition coefficient (Wildman–Crippen LogP) is 1.92. The normalized spacial score (nSPS) is 8.80. The van der Waals surface area contributed by atoms with E-state index in [-0.39, 0.29) is 16.3 Å². The van der Waals surface area contributed by atoms with Crippen LogP contribution in [0.25, 0.3) is 0 Å². The first kappa shape index (κ1) is 6.91. The molecule has 0 unspecified atom stereocenters. The Labute approximate surface area is 63.3 Å². The highest BCUT2D eigenvalue weighted by molar-refractivity contribution is 6.31. The average molecular weight is 154 g/mol. The van der Waals surface area contributed by atoms with Gasteiger partial charge in [0.25, 0.3) is 0 Å². The van der Waals surface area contributed by atoms with Crippen LogP contribution >= 0.6 is 11.6 Å². The van der Waals surface area contributed by atoms with Crippen LogP contribution in [0, 0.1) is 11.3 Å². The molecule has 10 heavy (non-hydrogen) atoms. The van der Waals surface area contributed by atoms with Gasteiger partial charge in [-0.1, -0.05) is 17.7 Å². The molecule has 50 valence electrons. The Hall–Kier alpha value is -1.20. The molecular formula is C7H4ClNO. The summed E-state index contributed by atoms with van der Waals surface area (Å²) in [4.78, 5) is 0. The van der Waals surface area contributed by atoms with Gasteiger partial charge < -0.3 is 5.11 Å². The van der Waals surface area contributed by atoms with E-state index in [1.165, 1.54) is 6.07 Å². The maximum absolute atomic E-state index is 8.98. The third-order valence-corrected chi connectivity index (χ3v) is 1.42. The quantitative estimate of drug-likeness (QED) is 0.619. The Kier molecular flexibility index (Phi) is 1.79. The molecule has 1 aromatic rings. The van der Waals surface area contributed by atoms with Crippen LogP contribution in [0.1, 0.15) is 5.56 Å². The van der Waals surface area contributed by atoms with Crippen LogP contribution in [0.3, 0.4) is 0 Å². The Morgan fingerprint density at radius 3 is 2.60 bits per heavy atom. The summed E-state index contributed by atoms with van der Waals surface area (Å²) in [6.07, 6.45) is 0. The molecule has 0 bridgehead atoms. The van der Waals surface area contributed by atoms with E-state index in [0.29, 0.717) is 0 Å². The number of hydrogen-bond acceptors (Lipinski definition) is 2. The zero-order valence-corrected chi connectivity index (χ0v) is 5.76. The number of phenolic OH excluding ortho intramolecular Hbond substituents is 1. The second-order valence-corrected chi connectivity index (χ2v) is 2.15. The molecule has 1 rings (SSSR count). The van der Waals surface area contributed by atoms with Crippen LogP contribution in [0.15, 0.2) is 18.2 Å². The molecule has 0 aliphatic heterocycles. The minimum absolute atomic E-state index is 0.0741. The Morgan fingerprint density at radius 2 is 2.20 bits per heavy atom. The summed E-state index contributed by atoms with van der Waals surface area (Å²) in [6.45, 7) is 0. The smallest absolute Gasteiger partial charge is 0.134 e. The van der Waals surface area contributed by atoms with Crippen molar-refractivity contribution in [2.75, 3.05) is 0 Å². The van der Waals surface area contributed by atoms with Crippen molar-refractivity contribution in [3.05, 3.63) is 28.8 Å². The molecule has 0 saturated carbocycles. The molecular weight excluding hydrogens is 150 g/mol. The van der Waals surface area contributed by atoms with Gasteiger partial charge in [0.1, 0.15) is 17.4 Å². The van der Waals surface area contributed by atoms with E-state index in [1.807, 2.05) is 0 Å². The van der Waals surface area contributed by atoms with E-state index in [2.05, 4.69) is 0 Å². The number of halogens is 1. The number of hydrogen-bond donors (Lipinski definition) is 1. The molecule has 0 fully saturated rings. The minimum atomic E-state index is -0.0741. The average Bonchev–Trinajstić information content (AvgIpc) is 1.88. The molecule has 0 heterocycles. The fraction of sp³-hybridized carbons (Fsp3) is 0. The van der Waals surface area contributed by atoms with Crippen molar-refractivity contribution in [2.24, 2.45) is 0 Å².